The van der Waals surface area contributed by atoms with Gasteiger partial charge in [-0.3, -0.25) is 4.79 Å². The SMILES string of the molecule is CCN(CC)C(=O)C1(c2ccccc2)C=C1. The number of amides is 1. The summed E-state index contributed by atoms with van der Waals surface area (Å²) in [5, 5.41) is 0. The molecule has 1 aromatic carbocycles. The molecular weight excluding hydrogens is 198 g/mol. The first-order chi connectivity index (χ1) is 7.74. The Kier molecular flexibility index (Phi) is 2.82. The molecule has 0 heterocycles. The van der Waals surface area contributed by atoms with E-state index in [0.717, 1.165) is 18.7 Å². The highest BCUT2D eigenvalue weighted by Gasteiger charge is 2.45. The van der Waals surface area contributed by atoms with E-state index < -0.39 is 5.41 Å². The molecule has 0 atom stereocenters. The molecule has 0 radical (unpaired) electrons. The topological polar surface area (TPSA) is 20.3 Å². The Morgan fingerprint density at radius 3 is 2.12 bits per heavy atom. The first kappa shape index (κ1) is 10.9. The van der Waals surface area contributed by atoms with Gasteiger partial charge in [0.15, 0.2) is 0 Å². The Labute approximate surface area is 96.6 Å². The molecule has 0 saturated carbocycles. The van der Waals surface area contributed by atoms with Gasteiger partial charge in [-0.1, -0.05) is 42.5 Å². The van der Waals surface area contributed by atoms with Crippen molar-refractivity contribution >= 4 is 5.91 Å². The fourth-order valence-electron chi connectivity index (χ4n) is 2.03. The summed E-state index contributed by atoms with van der Waals surface area (Å²) in [6.07, 6.45) is 3.98. The number of carbonyl (C=O) groups excluding carboxylic acids is 1. The molecule has 2 heteroatoms. The molecule has 0 fully saturated rings. The summed E-state index contributed by atoms with van der Waals surface area (Å²) in [5.41, 5.74) is 0.639. The van der Waals surface area contributed by atoms with Crippen molar-refractivity contribution in [1.29, 1.82) is 0 Å². The first-order valence-electron chi connectivity index (χ1n) is 5.80. The second-order valence-electron chi connectivity index (χ2n) is 4.05. The van der Waals surface area contributed by atoms with E-state index in [9.17, 15) is 4.79 Å². The zero-order chi connectivity index (χ0) is 11.6. The fraction of sp³-hybridized carbons (Fsp3) is 0.357. The number of benzene rings is 1. The molecule has 0 bridgehead atoms. The largest absolute Gasteiger partial charge is 0.342 e. The van der Waals surface area contributed by atoms with Gasteiger partial charge >= 0.3 is 0 Å². The highest BCUT2D eigenvalue weighted by molar-refractivity contribution is 5.97. The lowest BCUT2D eigenvalue weighted by Crippen LogP contribution is -2.39. The third-order valence-electron chi connectivity index (χ3n) is 3.16. The van der Waals surface area contributed by atoms with Gasteiger partial charge in [0, 0.05) is 13.1 Å². The fourth-order valence-corrected chi connectivity index (χ4v) is 2.03. The Morgan fingerprint density at radius 2 is 1.69 bits per heavy atom. The van der Waals surface area contributed by atoms with E-state index in [1.165, 1.54) is 0 Å². The number of rotatable bonds is 4. The van der Waals surface area contributed by atoms with Crippen LogP contribution in [0.1, 0.15) is 19.4 Å². The summed E-state index contributed by atoms with van der Waals surface area (Å²) < 4.78 is 0. The molecule has 0 unspecified atom stereocenters. The van der Waals surface area contributed by atoms with Crippen LogP contribution in [0.3, 0.4) is 0 Å². The summed E-state index contributed by atoms with van der Waals surface area (Å²) in [7, 11) is 0. The van der Waals surface area contributed by atoms with Crippen molar-refractivity contribution in [2.45, 2.75) is 19.3 Å². The van der Waals surface area contributed by atoms with Crippen molar-refractivity contribution in [2.24, 2.45) is 0 Å². The number of hydrogen-bond acceptors (Lipinski definition) is 1. The minimum atomic E-state index is -0.437. The van der Waals surface area contributed by atoms with E-state index in [0.29, 0.717) is 0 Å². The normalized spacial score (nSPS) is 15.9. The Balaban J connectivity index is 2.24. The van der Waals surface area contributed by atoms with E-state index in [1.807, 2.05) is 61.2 Å². The van der Waals surface area contributed by atoms with Gasteiger partial charge in [-0.2, -0.15) is 0 Å². The van der Waals surface area contributed by atoms with Crippen LogP contribution in [0.15, 0.2) is 42.5 Å². The number of likely N-dealkylation sites (N-methyl/N-ethyl adjacent to an activating group) is 1. The molecule has 1 aliphatic rings. The van der Waals surface area contributed by atoms with Crippen LogP contribution in [0.4, 0.5) is 0 Å². The monoisotopic (exact) mass is 215 g/mol. The molecule has 2 nitrogen and oxygen atoms in total. The van der Waals surface area contributed by atoms with Crippen LogP contribution >= 0.6 is 0 Å². The third kappa shape index (κ3) is 1.64. The second-order valence-corrected chi connectivity index (χ2v) is 4.05. The van der Waals surface area contributed by atoms with Crippen LogP contribution in [0, 0.1) is 0 Å². The van der Waals surface area contributed by atoms with Crippen molar-refractivity contribution in [3.8, 4) is 0 Å². The van der Waals surface area contributed by atoms with E-state index in [4.69, 9.17) is 0 Å². The average molecular weight is 215 g/mol. The van der Waals surface area contributed by atoms with Crippen LogP contribution in [0.5, 0.6) is 0 Å². The smallest absolute Gasteiger partial charge is 0.240 e. The first-order valence-corrected chi connectivity index (χ1v) is 5.80. The number of hydrogen-bond donors (Lipinski definition) is 0. The van der Waals surface area contributed by atoms with Crippen LogP contribution in [-0.4, -0.2) is 23.9 Å². The van der Waals surface area contributed by atoms with Gasteiger partial charge in [0.1, 0.15) is 5.41 Å². The zero-order valence-electron chi connectivity index (χ0n) is 9.81. The summed E-state index contributed by atoms with van der Waals surface area (Å²) in [5.74, 6) is 0.198. The number of nitrogens with zero attached hydrogens (tertiary/aromatic N) is 1. The standard InChI is InChI=1S/C14H17NO/c1-3-15(4-2)13(16)14(10-11-14)12-8-6-5-7-9-12/h5-11H,3-4H2,1-2H3. The Morgan fingerprint density at radius 1 is 1.12 bits per heavy atom. The lowest BCUT2D eigenvalue weighted by atomic mass is 9.92. The molecule has 1 amide bonds. The van der Waals surface area contributed by atoms with Crippen molar-refractivity contribution < 1.29 is 4.79 Å². The average Bonchev–Trinajstić information content (AvgIpc) is 3.13. The molecule has 0 saturated heterocycles. The molecule has 0 N–H and O–H groups in total. The predicted octanol–water partition coefficient (Wildman–Crippen LogP) is 2.36. The summed E-state index contributed by atoms with van der Waals surface area (Å²) >= 11 is 0. The number of carbonyl (C=O) groups is 1. The van der Waals surface area contributed by atoms with Gasteiger partial charge in [0.25, 0.3) is 0 Å². The van der Waals surface area contributed by atoms with Crippen molar-refractivity contribution in [1.82, 2.24) is 4.90 Å². The van der Waals surface area contributed by atoms with Gasteiger partial charge in [-0.05, 0) is 19.4 Å². The van der Waals surface area contributed by atoms with E-state index in [2.05, 4.69) is 0 Å². The maximum Gasteiger partial charge on any atom is 0.240 e. The summed E-state index contributed by atoms with van der Waals surface area (Å²) in [6.45, 7) is 5.57. The van der Waals surface area contributed by atoms with E-state index in [1.54, 1.807) is 0 Å². The maximum atomic E-state index is 12.4. The lowest BCUT2D eigenvalue weighted by Gasteiger charge is -2.25. The summed E-state index contributed by atoms with van der Waals surface area (Å²) in [6, 6.07) is 9.96. The predicted molar refractivity (Wildman–Crippen MR) is 65.2 cm³/mol. The van der Waals surface area contributed by atoms with Crippen molar-refractivity contribution in [2.75, 3.05) is 13.1 Å². The lowest BCUT2D eigenvalue weighted by molar-refractivity contribution is -0.132. The molecule has 84 valence electrons. The van der Waals surface area contributed by atoms with Gasteiger partial charge in [0.2, 0.25) is 5.91 Å². The van der Waals surface area contributed by atoms with Gasteiger partial charge in [-0.15, -0.1) is 0 Å². The van der Waals surface area contributed by atoms with Gasteiger partial charge in [0.05, 0.1) is 0 Å². The Hall–Kier alpha value is -1.57. The highest BCUT2D eigenvalue weighted by atomic mass is 16.2. The maximum absolute atomic E-state index is 12.4. The molecule has 0 aliphatic heterocycles. The molecule has 1 aromatic rings. The van der Waals surface area contributed by atoms with Gasteiger partial charge in [-0.25, -0.2) is 0 Å². The third-order valence-corrected chi connectivity index (χ3v) is 3.16. The van der Waals surface area contributed by atoms with Crippen LogP contribution in [0.2, 0.25) is 0 Å². The van der Waals surface area contributed by atoms with E-state index >= 15 is 0 Å². The summed E-state index contributed by atoms with van der Waals surface area (Å²) in [4.78, 5) is 14.2. The van der Waals surface area contributed by atoms with E-state index in [-0.39, 0.29) is 5.91 Å². The molecule has 16 heavy (non-hydrogen) atoms. The minimum absolute atomic E-state index is 0.198. The van der Waals surface area contributed by atoms with Crippen LogP contribution in [-0.2, 0) is 10.2 Å². The highest BCUT2D eigenvalue weighted by Crippen LogP contribution is 2.40. The molecule has 0 spiro atoms. The van der Waals surface area contributed by atoms with Gasteiger partial charge < -0.3 is 4.90 Å². The minimum Gasteiger partial charge on any atom is -0.342 e. The molecule has 2 rings (SSSR count). The van der Waals surface area contributed by atoms with Crippen molar-refractivity contribution in [3.05, 3.63) is 48.0 Å². The van der Waals surface area contributed by atoms with Crippen molar-refractivity contribution in [3.63, 3.8) is 0 Å². The zero-order valence-corrected chi connectivity index (χ0v) is 9.81. The molecule has 1 aliphatic carbocycles. The van der Waals surface area contributed by atoms with Crippen LogP contribution in [0.25, 0.3) is 0 Å². The quantitative estimate of drug-likeness (QED) is 0.706. The molecular formula is C14H17NO. The Bertz CT molecular complexity index is 398. The second kappa shape index (κ2) is 4.12. The van der Waals surface area contributed by atoms with Crippen LogP contribution < -0.4 is 0 Å². The molecule has 0 aromatic heterocycles.